The minimum Gasteiger partial charge on any atom is -0.381 e. The summed E-state index contributed by atoms with van der Waals surface area (Å²) in [6.45, 7) is 3.72. The van der Waals surface area contributed by atoms with Crippen molar-refractivity contribution in [1.29, 1.82) is 0 Å². The van der Waals surface area contributed by atoms with Gasteiger partial charge in [0.05, 0.1) is 12.0 Å². The van der Waals surface area contributed by atoms with E-state index in [1.165, 1.54) is 5.56 Å². The highest BCUT2D eigenvalue weighted by atomic mass is 79.9. The second-order valence-corrected chi connectivity index (χ2v) is 6.68. The smallest absolute Gasteiger partial charge is 0.0646 e. The van der Waals surface area contributed by atoms with E-state index < -0.39 is 0 Å². The molecule has 0 bridgehead atoms. The molecule has 0 amide bonds. The molecule has 0 saturated carbocycles. The van der Waals surface area contributed by atoms with Crippen LogP contribution in [0, 0.1) is 12.8 Å². The lowest BCUT2D eigenvalue weighted by molar-refractivity contribution is 0.0531. The first-order chi connectivity index (χ1) is 8.09. The number of rotatable bonds is 2. The zero-order chi connectivity index (χ0) is 12.4. The average molecular weight is 383 g/mol. The molecule has 1 aliphatic heterocycles. The van der Waals surface area contributed by atoms with E-state index in [1.807, 2.05) is 0 Å². The van der Waals surface area contributed by atoms with Gasteiger partial charge in [0.25, 0.3) is 0 Å². The van der Waals surface area contributed by atoms with Gasteiger partial charge in [0.2, 0.25) is 0 Å². The van der Waals surface area contributed by atoms with Gasteiger partial charge in [-0.1, -0.05) is 31.9 Å². The highest BCUT2D eigenvalue weighted by Crippen LogP contribution is 2.39. The molecule has 1 nitrogen and oxygen atoms in total. The topological polar surface area (TPSA) is 9.23 Å². The number of halogens is 3. The monoisotopic (exact) mass is 380 g/mol. The molecule has 0 spiro atoms. The standard InChI is InChI=1S/C13H15Br2ClO/c1-8-5-12(15)10(6-11(8)14)13(16)9-3-2-4-17-7-9/h5-6,9,13H,2-4,7H2,1H3. The summed E-state index contributed by atoms with van der Waals surface area (Å²) in [4.78, 5) is 0. The van der Waals surface area contributed by atoms with Crippen LogP contribution in [-0.4, -0.2) is 13.2 Å². The predicted molar refractivity (Wildman–Crippen MR) is 78.7 cm³/mol. The third kappa shape index (κ3) is 3.25. The van der Waals surface area contributed by atoms with Crippen LogP contribution in [0.2, 0.25) is 0 Å². The fourth-order valence-electron chi connectivity index (χ4n) is 2.12. The first-order valence-electron chi connectivity index (χ1n) is 5.77. The van der Waals surface area contributed by atoms with E-state index in [2.05, 4.69) is 50.9 Å². The quantitative estimate of drug-likeness (QED) is 0.637. The Morgan fingerprint density at radius 3 is 2.76 bits per heavy atom. The van der Waals surface area contributed by atoms with Crippen LogP contribution in [0.4, 0.5) is 0 Å². The fourth-order valence-corrected chi connectivity index (χ4v) is 3.70. The Labute approximate surface area is 124 Å². The SMILES string of the molecule is Cc1cc(Br)c(C(Cl)C2CCCOC2)cc1Br. The summed E-state index contributed by atoms with van der Waals surface area (Å²) in [5, 5.41) is 0.0153. The van der Waals surface area contributed by atoms with Crippen molar-refractivity contribution in [2.45, 2.75) is 25.1 Å². The van der Waals surface area contributed by atoms with Gasteiger partial charge in [-0.25, -0.2) is 0 Å². The zero-order valence-corrected chi connectivity index (χ0v) is 13.6. The number of aryl methyl sites for hydroxylation is 1. The van der Waals surface area contributed by atoms with Gasteiger partial charge in [0.1, 0.15) is 0 Å². The Morgan fingerprint density at radius 2 is 2.12 bits per heavy atom. The highest BCUT2D eigenvalue weighted by molar-refractivity contribution is 9.11. The summed E-state index contributed by atoms with van der Waals surface area (Å²) < 4.78 is 7.70. The van der Waals surface area contributed by atoms with E-state index in [0.29, 0.717) is 5.92 Å². The van der Waals surface area contributed by atoms with Crippen LogP contribution in [0.25, 0.3) is 0 Å². The lowest BCUT2D eigenvalue weighted by atomic mass is 9.93. The van der Waals surface area contributed by atoms with E-state index in [0.717, 1.165) is 40.6 Å². The molecule has 1 fully saturated rings. The Hall–Kier alpha value is 0.430. The van der Waals surface area contributed by atoms with Gasteiger partial charge >= 0.3 is 0 Å². The van der Waals surface area contributed by atoms with Crippen molar-refractivity contribution in [1.82, 2.24) is 0 Å². The summed E-state index contributed by atoms with van der Waals surface area (Å²) in [7, 11) is 0. The van der Waals surface area contributed by atoms with Gasteiger partial charge in [0.15, 0.2) is 0 Å². The molecule has 94 valence electrons. The molecule has 0 aliphatic carbocycles. The van der Waals surface area contributed by atoms with Gasteiger partial charge in [0, 0.05) is 21.5 Å². The maximum atomic E-state index is 6.58. The van der Waals surface area contributed by atoms with Gasteiger partial charge in [-0.3, -0.25) is 0 Å². The highest BCUT2D eigenvalue weighted by Gasteiger charge is 2.25. The fraction of sp³-hybridized carbons (Fsp3) is 0.538. The molecule has 2 unspecified atom stereocenters. The van der Waals surface area contributed by atoms with Crippen molar-refractivity contribution in [2.75, 3.05) is 13.2 Å². The summed E-state index contributed by atoms with van der Waals surface area (Å²) in [6, 6.07) is 4.23. The van der Waals surface area contributed by atoms with Gasteiger partial charge in [-0.05, 0) is 43.0 Å². The molecule has 1 heterocycles. The number of benzene rings is 1. The number of hydrogen-bond donors (Lipinski definition) is 0. The first kappa shape index (κ1) is 13.9. The van der Waals surface area contributed by atoms with Crippen LogP contribution in [0.15, 0.2) is 21.1 Å². The Morgan fingerprint density at radius 1 is 1.35 bits per heavy atom. The molecule has 17 heavy (non-hydrogen) atoms. The van der Waals surface area contributed by atoms with Crippen molar-refractivity contribution in [3.63, 3.8) is 0 Å². The third-order valence-electron chi connectivity index (χ3n) is 3.18. The molecular weight excluding hydrogens is 367 g/mol. The van der Waals surface area contributed by atoms with E-state index in [1.54, 1.807) is 0 Å². The van der Waals surface area contributed by atoms with Gasteiger partial charge in [-0.15, -0.1) is 11.6 Å². The van der Waals surface area contributed by atoms with Crippen molar-refractivity contribution < 1.29 is 4.74 Å². The second-order valence-electron chi connectivity index (χ2n) is 4.50. The number of hydrogen-bond acceptors (Lipinski definition) is 1. The maximum absolute atomic E-state index is 6.58. The molecule has 2 rings (SSSR count). The molecule has 2 atom stereocenters. The number of alkyl halides is 1. The van der Waals surface area contributed by atoms with E-state index >= 15 is 0 Å². The third-order valence-corrected chi connectivity index (χ3v) is 5.32. The van der Waals surface area contributed by atoms with Gasteiger partial charge < -0.3 is 4.74 Å². The van der Waals surface area contributed by atoms with Crippen LogP contribution in [0.1, 0.15) is 29.3 Å². The molecule has 0 N–H and O–H groups in total. The molecule has 1 aromatic rings. The predicted octanol–water partition coefficient (Wildman–Crippen LogP) is 5.23. The van der Waals surface area contributed by atoms with Crippen LogP contribution < -0.4 is 0 Å². The second kappa shape index (κ2) is 6.05. The molecule has 4 heteroatoms. The summed E-state index contributed by atoms with van der Waals surface area (Å²) in [6.07, 6.45) is 2.25. The van der Waals surface area contributed by atoms with E-state index in [9.17, 15) is 0 Å². The average Bonchev–Trinajstić information content (AvgIpc) is 2.34. The van der Waals surface area contributed by atoms with Crippen LogP contribution in [0.5, 0.6) is 0 Å². The molecule has 0 aromatic heterocycles. The first-order valence-corrected chi connectivity index (χ1v) is 7.79. The van der Waals surface area contributed by atoms with E-state index in [-0.39, 0.29) is 5.38 Å². The molecule has 1 saturated heterocycles. The minimum absolute atomic E-state index is 0.0153. The van der Waals surface area contributed by atoms with Crippen molar-refractivity contribution in [2.24, 2.45) is 5.92 Å². The van der Waals surface area contributed by atoms with Gasteiger partial charge in [-0.2, -0.15) is 0 Å². The maximum Gasteiger partial charge on any atom is 0.0646 e. The van der Waals surface area contributed by atoms with Crippen LogP contribution in [-0.2, 0) is 4.74 Å². The van der Waals surface area contributed by atoms with Crippen LogP contribution in [0.3, 0.4) is 0 Å². The lowest BCUT2D eigenvalue weighted by Crippen LogP contribution is -2.21. The molecule has 1 aliphatic rings. The Kier molecular flexibility index (Phi) is 4.93. The number of ether oxygens (including phenoxy) is 1. The molecule has 1 aromatic carbocycles. The summed E-state index contributed by atoms with van der Waals surface area (Å²) in [5.74, 6) is 0.413. The lowest BCUT2D eigenvalue weighted by Gasteiger charge is -2.27. The minimum atomic E-state index is 0.0153. The molecular formula is C13H15Br2ClO. The summed E-state index contributed by atoms with van der Waals surface area (Å²) in [5.41, 5.74) is 2.36. The van der Waals surface area contributed by atoms with Crippen molar-refractivity contribution >= 4 is 43.5 Å². The Balaban J connectivity index is 2.23. The normalized spacial score (nSPS) is 22.5. The summed E-state index contributed by atoms with van der Waals surface area (Å²) >= 11 is 13.7. The Bertz CT molecular complexity index is 403. The van der Waals surface area contributed by atoms with Crippen LogP contribution >= 0.6 is 43.5 Å². The molecule has 0 radical (unpaired) electrons. The van der Waals surface area contributed by atoms with Crippen molar-refractivity contribution in [3.8, 4) is 0 Å². The largest absolute Gasteiger partial charge is 0.381 e. The van der Waals surface area contributed by atoms with Crippen molar-refractivity contribution in [3.05, 3.63) is 32.2 Å². The van der Waals surface area contributed by atoms with E-state index in [4.69, 9.17) is 16.3 Å². The zero-order valence-electron chi connectivity index (χ0n) is 9.68.